The lowest BCUT2D eigenvalue weighted by atomic mass is 10.2. The zero-order valence-corrected chi connectivity index (χ0v) is 9.91. The number of nitrogens with one attached hydrogen (secondary N) is 2. The van der Waals surface area contributed by atoms with Crippen LogP contribution in [0.4, 0.5) is 5.95 Å². The van der Waals surface area contributed by atoms with Crippen molar-refractivity contribution in [2.24, 2.45) is 0 Å². The number of hydrogen-bond acceptors (Lipinski definition) is 7. The lowest BCUT2D eigenvalue weighted by Gasteiger charge is -2.13. The molecule has 2 aromatic heterocycles. The first-order valence-electron chi connectivity index (χ1n) is 5.86. The second-order valence-corrected chi connectivity index (χ2v) is 4.32. The van der Waals surface area contributed by atoms with E-state index in [2.05, 4.69) is 15.0 Å². The van der Waals surface area contributed by atoms with Crippen molar-refractivity contribution < 1.29 is 15.1 Å². The Hall–Kier alpha value is -1.97. The average molecular weight is 267 g/mol. The molecule has 1 aliphatic heterocycles. The largest absolute Gasteiger partial charge is 0.394 e. The Kier molecular flexibility index (Phi) is 2.93. The molecule has 3 rings (SSSR count). The molecule has 0 amide bonds. The topological polar surface area (TPSA) is 125 Å². The highest BCUT2D eigenvalue weighted by Gasteiger charge is 2.27. The molecule has 102 valence electrons. The van der Waals surface area contributed by atoms with Crippen molar-refractivity contribution in [2.75, 3.05) is 12.1 Å². The third-order valence-corrected chi connectivity index (χ3v) is 3.14. The molecular weight excluding hydrogens is 254 g/mol. The monoisotopic (exact) mass is 267 g/mol. The van der Waals surface area contributed by atoms with Crippen molar-refractivity contribution >= 4 is 17.1 Å². The van der Waals surface area contributed by atoms with Gasteiger partial charge in [-0.25, -0.2) is 10.5 Å². The first-order valence-corrected chi connectivity index (χ1v) is 5.86. The van der Waals surface area contributed by atoms with E-state index in [1.807, 2.05) is 0 Å². The highest BCUT2D eigenvalue weighted by Crippen LogP contribution is 2.29. The highest BCUT2D eigenvalue weighted by molar-refractivity contribution is 5.70. The molecule has 0 unspecified atom stereocenters. The van der Waals surface area contributed by atoms with Crippen LogP contribution in [0.1, 0.15) is 19.1 Å². The summed E-state index contributed by atoms with van der Waals surface area (Å²) in [7, 11) is 0. The van der Waals surface area contributed by atoms with Gasteiger partial charge in [-0.15, -0.1) is 0 Å². The molecule has 9 heteroatoms. The number of nitrogens with zero attached hydrogens (tertiary/aromatic N) is 3. The molecule has 0 radical (unpaired) electrons. The predicted octanol–water partition coefficient (Wildman–Crippen LogP) is -0.409. The van der Waals surface area contributed by atoms with Gasteiger partial charge in [0.05, 0.1) is 19.0 Å². The number of ether oxygens (including phenoxy) is 1. The second-order valence-electron chi connectivity index (χ2n) is 4.32. The minimum Gasteiger partial charge on any atom is -0.394 e. The normalized spacial score (nSPS) is 23.1. The number of hydrogen-bond donors (Lipinski definition) is 4. The van der Waals surface area contributed by atoms with E-state index in [1.165, 1.54) is 6.33 Å². The van der Waals surface area contributed by atoms with Crippen LogP contribution in [0.2, 0.25) is 0 Å². The minimum absolute atomic E-state index is 0.0411. The first-order chi connectivity index (χ1) is 9.22. The predicted molar refractivity (Wildman–Crippen MR) is 63.8 cm³/mol. The van der Waals surface area contributed by atoms with Crippen LogP contribution in [0.25, 0.3) is 11.2 Å². The number of anilines is 1. The summed E-state index contributed by atoms with van der Waals surface area (Å²) in [4.78, 5) is 22.1. The van der Waals surface area contributed by atoms with Crippen LogP contribution in [-0.4, -0.2) is 42.5 Å². The van der Waals surface area contributed by atoms with E-state index < -0.39 is 5.56 Å². The van der Waals surface area contributed by atoms with Crippen LogP contribution in [0.3, 0.4) is 0 Å². The number of aliphatic hydroxyl groups is 1. The molecule has 0 bridgehead atoms. The van der Waals surface area contributed by atoms with Gasteiger partial charge in [0.2, 0.25) is 5.95 Å². The average Bonchev–Trinajstić information content (AvgIpc) is 3.04. The number of imidazole rings is 1. The van der Waals surface area contributed by atoms with Crippen molar-refractivity contribution in [3.05, 3.63) is 16.7 Å². The van der Waals surface area contributed by atoms with Crippen LogP contribution in [0.15, 0.2) is 11.1 Å². The molecule has 3 heterocycles. The number of H-pyrrole nitrogens is 1. The van der Waals surface area contributed by atoms with E-state index >= 15 is 0 Å². The number of aromatic amines is 1. The van der Waals surface area contributed by atoms with Crippen LogP contribution in [-0.2, 0) is 4.74 Å². The Labute approximate surface area is 106 Å². The molecule has 0 spiro atoms. The standard InChI is InChI=1S/C10H13N5O4/c16-3-5-1-2-6(19-5)15-4-11-7-8(15)12-10(14-18)13-9(7)17/h4-6,16,18H,1-3H2,(H2,12,13,14,17)/t5-,6+/m0/s1. The van der Waals surface area contributed by atoms with E-state index in [9.17, 15) is 4.79 Å². The number of rotatable bonds is 3. The van der Waals surface area contributed by atoms with Gasteiger partial charge in [-0.05, 0) is 12.8 Å². The summed E-state index contributed by atoms with van der Waals surface area (Å²) >= 11 is 0. The van der Waals surface area contributed by atoms with Crippen molar-refractivity contribution in [1.29, 1.82) is 0 Å². The fraction of sp³-hybridized carbons (Fsp3) is 0.500. The quantitative estimate of drug-likeness (QED) is 0.557. The van der Waals surface area contributed by atoms with Crippen molar-refractivity contribution in [1.82, 2.24) is 19.5 Å². The Morgan fingerprint density at radius 2 is 2.42 bits per heavy atom. The van der Waals surface area contributed by atoms with E-state index in [-0.39, 0.29) is 30.4 Å². The zero-order valence-electron chi connectivity index (χ0n) is 9.91. The molecule has 1 saturated heterocycles. The fourth-order valence-electron chi connectivity index (χ4n) is 2.22. The van der Waals surface area contributed by atoms with Gasteiger partial charge in [-0.3, -0.25) is 19.6 Å². The lowest BCUT2D eigenvalue weighted by Crippen LogP contribution is -2.16. The lowest BCUT2D eigenvalue weighted by molar-refractivity contribution is -0.0207. The van der Waals surface area contributed by atoms with Crippen LogP contribution in [0.5, 0.6) is 0 Å². The Bertz CT molecular complexity index is 651. The summed E-state index contributed by atoms with van der Waals surface area (Å²) in [5.74, 6) is -0.0593. The van der Waals surface area contributed by atoms with E-state index in [0.29, 0.717) is 12.1 Å². The third-order valence-electron chi connectivity index (χ3n) is 3.14. The van der Waals surface area contributed by atoms with Gasteiger partial charge < -0.3 is 9.84 Å². The Morgan fingerprint density at radius 1 is 1.58 bits per heavy atom. The molecule has 1 fully saturated rings. The number of fused-ring (bicyclic) bond motifs is 1. The van der Waals surface area contributed by atoms with Crippen molar-refractivity contribution in [3.8, 4) is 0 Å². The van der Waals surface area contributed by atoms with Crippen molar-refractivity contribution in [2.45, 2.75) is 25.2 Å². The van der Waals surface area contributed by atoms with E-state index in [4.69, 9.17) is 15.1 Å². The van der Waals surface area contributed by atoms with Gasteiger partial charge >= 0.3 is 0 Å². The minimum atomic E-state index is -0.447. The van der Waals surface area contributed by atoms with E-state index in [1.54, 1.807) is 10.0 Å². The smallest absolute Gasteiger partial charge is 0.280 e. The SMILES string of the molecule is O=c1[nH]c(NO)nc2c1ncn2[C@H]1CC[C@@H](CO)O1. The molecule has 4 N–H and O–H groups in total. The molecule has 0 saturated carbocycles. The second kappa shape index (κ2) is 4.61. The van der Waals surface area contributed by atoms with Gasteiger partial charge in [0.15, 0.2) is 11.2 Å². The molecule has 2 atom stereocenters. The van der Waals surface area contributed by atoms with Gasteiger partial charge in [0, 0.05) is 0 Å². The maximum Gasteiger partial charge on any atom is 0.280 e. The van der Waals surface area contributed by atoms with Gasteiger partial charge in [0.25, 0.3) is 5.56 Å². The molecule has 0 aromatic carbocycles. The van der Waals surface area contributed by atoms with Crippen LogP contribution < -0.4 is 11.0 Å². The molecule has 2 aromatic rings. The first kappa shape index (κ1) is 12.1. The van der Waals surface area contributed by atoms with Gasteiger partial charge in [-0.1, -0.05) is 0 Å². The summed E-state index contributed by atoms with van der Waals surface area (Å²) in [6.07, 6.45) is 2.38. The summed E-state index contributed by atoms with van der Waals surface area (Å²) in [5.41, 5.74) is 1.85. The van der Waals surface area contributed by atoms with Gasteiger partial charge in [-0.2, -0.15) is 4.98 Å². The summed E-state index contributed by atoms with van der Waals surface area (Å²) < 4.78 is 7.24. The number of aliphatic hydroxyl groups excluding tert-OH is 1. The van der Waals surface area contributed by atoms with Crippen molar-refractivity contribution in [3.63, 3.8) is 0 Å². The molecule has 1 aliphatic rings. The summed E-state index contributed by atoms with van der Waals surface area (Å²) in [5, 5.41) is 17.9. The number of aromatic nitrogens is 4. The Balaban J connectivity index is 2.05. The maximum atomic E-state index is 11.7. The maximum absolute atomic E-state index is 11.7. The Morgan fingerprint density at radius 3 is 3.11 bits per heavy atom. The summed E-state index contributed by atoms with van der Waals surface area (Å²) in [6, 6.07) is 0. The van der Waals surface area contributed by atoms with Gasteiger partial charge in [0.1, 0.15) is 6.23 Å². The molecule has 0 aliphatic carbocycles. The van der Waals surface area contributed by atoms with Crippen LogP contribution >= 0.6 is 0 Å². The third kappa shape index (κ3) is 1.97. The summed E-state index contributed by atoms with van der Waals surface area (Å²) in [6.45, 7) is -0.0411. The highest BCUT2D eigenvalue weighted by atomic mass is 16.5. The molecule has 9 nitrogen and oxygen atoms in total. The molecule has 19 heavy (non-hydrogen) atoms. The van der Waals surface area contributed by atoms with Crippen LogP contribution in [0, 0.1) is 0 Å². The fourth-order valence-corrected chi connectivity index (χ4v) is 2.22. The zero-order chi connectivity index (χ0) is 13.4. The molecular formula is C10H13N5O4. The van der Waals surface area contributed by atoms with E-state index in [0.717, 1.165) is 6.42 Å².